The van der Waals surface area contributed by atoms with Crippen LogP contribution in [-0.2, 0) is 0 Å². The average molecular weight is 200 g/mol. The maximum absolute atomic E-state index is 4.60. The van der Waals surface area contributed by atoms with Gasteiger partial charge in [-0.25, -0.2) is 4.98 Å². The van der Waals surface area contributed by atoms with Crippen LogP contribution in [0.2, 0.25) is 0 Å². The number of anilines is 1. The van der Waals surface area contributed by atoms with Gasteiger partial charge in [-0.05, 0) is 23.6 Å². The molecule has 0 radical (unpaired) electrons. The van der Waals surface area contributed by atoms with E-state index in [1.54, 1.807) is 0 Å². The topological polar surface area (TPSA) is 24.9 Å². The molecule has 2 nitrogen and oxygen atoms in total. The van der Waals surface area contributed by atoms with Gasteiger partial charge in [-0.2, -0.15) is 0 Å². The minimum atomic E-state index is 0.490. The molecule has 0 aliphatic carbocycles. The van der Waals surface area contributed by atoms with Crippen molar-refractivity contribution >= 4 is 16.7 Å². The van der Waals surface area contributed by atoms with Crippen molar-refractivity contribution < 1.29 is 0 Å². The fourth-order valence-electron chi connectivity index (χ4n) is 1.77. The first-order valence-electron chi connectivity index (χ1n) is 5.30. The lowest BCUT2D eigenvalue weighted by Gasteiger charge is -2.12. The number of nitrogens with zero attached hydrogens (tertiary/aromatic N) is 1. The largest absolute Gasteiger partial charge is 0.373 e. The monoisotopic (exact) mass is 200 g/mol. The van der Waals surface area contributed by atoms with E-state index >= 15 is 0 Å². The van der Waals surface area contributed by atoms with Gasteiger partial charge in [-0.15, -0.1) is 0 Å². The molecule has 0 amide bonds. The van der Waals surface area contributed by atoms with Crippen LogP contribution in [0.1, 0.15) is 25.3 Å². The number of hydrogen-bond donors (Lipinski definition) is 1. The van der Waals surface area contributed by atoms with Crippen LogP contribution in [0.5, 0.6) is 0 Å². The number of pyridine rings is 1. The van der Waals surface area contributed by atoms with E-state index in [0.29, 0.717) is 5.92 Å². The zero-order chi connectivity index (χ0) is 10.8. The van der Waals surface area contributed by atoms with Crippen molar-refractivity contribution in [1.82, 2.24) is 4.98 Å². The van der Waals surface area contributed by atoms with Gasteiger partial charge in [-0.3, -0.25) is 0 Å². The summed E-state index contributed by atoms with van der Waals surface area (Å²) in [5.41, 5.74) is 2.32. The van der Waals surface area contributed by atoms with Crippen LogP contribution in [0.4, 0.5) is 5.82 Å². The van der Waals surface area contributed by atoms with Crippen LogP contribution in [0.15, 0.2) is 30.3 Å². The number of hydrogen-bond acceptors (Lipinski definition) is 2. The summed E-state index contributed by atoms with van der Waals surface area (Å²) in [5, 5.41) is 4.37. The predicted molar refractivity (Wildman–Crippen MR) is 65.4 cm³/mol. The SMILES string of the molecule is CNc1nc2ccccc2cc1C(C)C. The molecule has 15 heavy (non-hydrogen) atoms. The highest BCUT2D eigenvalue weighted by atomic mass is 15.0. The van der Waals surface area contributed by atoms with Crippen molar-refractivity contribution in [3.63, 3.8) is 0 Å². The Kier molecular flexibility index (Phi) is 2.58. The van der Waals surface area contributed by atoms with Gasteiger partial charge in [0.25, 0.3) is 0 Å². The van der Waals surface area contributed by atoms with Crippen molar-refractivity contribution in [1.29, 1.82) is 0 Å². The van der Waals surface area contributed by atoms with Crippen LogP contribution in [0.25, 0.3) is 10.9 Å². The van der Waals surface area contributed by atoms with E-state index in [4.69, 9.17) is 0 Å². The summed E-state index contributed by atoms with van der Waals surface area (Å²) in [6.45, 7) is 4.37. The fourth-order valence-corrected chi connectivity index (χ4v) is 1.77. The van der Waals surface area contributed by atoms with E-state index in [0.717, 1.165) is 11.3 Å². The van der Waals surface area contributed by atoms with Crippen molar-refractivity contribution in [3.05, 3.63) is 35.9 Å². The summed E-state index contributed by atoms with van der Waals surface area (Å²) in [6.07, 6.45) is 0. The van der Waals surface area contributed by atoms with Gasteiger partial charge >= 0.3 is 0 Å². The molecule has 0 aliphatic rings. The van der Waals surface area contributed by atoms with Crippen molar-refractivity contribution in [2.24, 2.45) is 0 Å². The fraction of sp³-hybridized carbons (Fsp3) is 0.308. The molecule has 2 rings (SSSR count). The first kappa shape index (κ1) is 9.97. The Labute approximate surface area is 90.3 Å². The first-order valence-corrected chi connectivity index (χ1v) is 5.30. The number of fused-ring (bicyclic) bond motifs is 1. The van der Waals surface area contributed by atoms with E-state index < -0.39 is 0 Å². The molecular weight excluding hydrogens is 184 g/mol. The maximum Gasteiger partial charge on any atom is 0.129 e. The lowest BCUT2D eigenvalue weighted by Crippen LogP contribution is -2.00. The predicted octanol–water partition coefficient (Wildman–Crippen LogP) is 3.40. The van der Waals surface area contributed by atoms with Crippen molar-refractivity contribution in [2.45, 2.75) is 19.8 Å². The standard InChI is InChI=1S/C13H16N2/c1-9(2)11-8-10-6-4-5-7-12(10)15-13(11)14-3/h4-9H,1-3H3,(H,14,15). The van der Waals surface area contributed by atoms with E-state index in [-0.39, 0.29) is 0 Å². The molecule has 2 heteroatoms. The van der Waals surface area contributed by atoms with Crippen LogP contribution in [-0.4, -0.2) is 12.0 Å². The highest BCUT2D eigenvalue weighted by molar-refractivity contribution is 5.81. The third kappa shape index (κ3) is 1.80. The Balaban J connectivity index is 2.69. The van der Waals surface area contributed by atoms with E-state index in [9.17, 15) is 0 Å². The molecule has 0 aliphatic heterocycles. The highest BCUT2D eigenvalue weighted by Crippen LogP contribution is 2.26. The summed E-state index contributed by atoms with van der Waals surface area (Å²) in [4.78, 5) is 4.60. The quantitative estimate of drug-likeness (QED) is 0.803. The van der Waals surface area contributed by atoms with Crippen LogP contribution in [0.3, 0.4) is 0 Å². The molecule has 0 unspecified atom stereocenters. The number of aromatic nitrogens is 1. The zero-order valence-corrected chi connectivity index (χ0v) is 9.41. The molecule has 0 spiro atoms. The average Bonchev–Trinajstić information content (AvgIpc) is 2.27. The van der Waals surface area contributed by atoms with Crippen molar-refractivity contribution in [2.75, 3.05) is 12.4 Å². The maximum atomic E-state index is 4.60. The Bertz CT molecular complexity index is 475. The number of benzene rings is 1. The second-order valence-electron chi connectivity index (χ2n) is 4.02. The molecule has 0 fully saturated rings. The Morgan fingerprint density at radius 2 is 1.93 bits per heavy atom. The van der Waals surface area contributed by atoms with Gasteiger partial charge < -0.3 is 5.32 Å². The summed E-state index contributed by atoms with van der Waals surface area (Å²) in [7, 11) is 1.92. The molecule has 1 N–H and O–H groups in total. The molecule has 0 saturated carbocycles. The van der Waals surface area contributed by atoms with Crippen LogP contribution >= 0.6 is 0 Å². The minimum absolute atomic E-state index is 0.490. The normalized spacial score (nSPS) is 10.9. The Morgan fingerprint density at radius 1 is 1.20 bits per heavy atom. The third-order valence-corrected chi connectivity index (χ3v) is 2.61. The van der Waals surface area contributed by atoms with Crippen LogP contribution < -0.4 is 5.32 Å². The lowest BCUT2D eigenvalue weighted by molar-refractivity contribution is 0.864. The van der Waals surface area contributed by atoms with Gasteiger partial charge in [0.1, 0.15) is 5.82 Å². The third-order valence-electron chi connectivity index (χ3n) is 2.61. The Hall–Kier alpha value is -1.57. The van der Waals surface area contributed by atoms with Gasteiger partial charge in [0.05, 0.1) is 5.52 Å². The van der Waals surface area contributed by atoms with Gasteiger partial charge in [0.2, 0.25) is 0 Å². The molecule has 0 bridgehead atoms. The summed E-state index contributed by atoms with van der Waals surface area (Å²) in [6, 6.07) is 10.4. The van der Waals surface area contributed by atoms with Gasteiger partial charge in [0.15, 0.2) is 0 Å². The Morgan fingerprint density at radius 3 is 2.60 bits per heavy atom. The first-order chi connectivity index (χ1) is 7.22. The molecule has 78 valence electrons. The number of para-hydroxylation sites is 1. The second-order valence-corrected chi connectivity index (χ2v) is 4.02. The molecule has 1 aromatic carbocycles. The zero-order valence-electron chi connectivity index (χ0n) is 9.41. The molecule has 1 aromatic heterocycles. The number of rotatable bonds is 2. The molecule has 0 atom stereocenters. The second kappa shape index (κ2) is 3.89. The minimum Gasteiger partial charge on any atom is -0.373 e. The molecule has 0 saturated heterocycles. The smallest absolute Gasteiger partial charge is 0.129 e. The van der Waals surface area contributed by atoms with Crippen molar-refractivity contribution in [3.8, 4) is 0 Å². The van der Waals surface area contributed by atoms with Gasteiger partial charge in [0, 0.05) is 12.4 Å². The van der Waals surface area contributed by atoms with E-state index in [1.165, 1.54) is 10.9 Å². The summed E-state index contributed by atoms with van der Waals surface area (Å²) < 4.78 is 0. The van der Waals surface area contributed by atoms with Gasteiger partial charge in [-0.1, -0.05) is 32.0 Å². The highest BCUT2D eigenvalue weighted by Gasteiger charge is 2.08. The number of nitrogens with one attached hydrogen (secondary N) is 1. The molecular formula is C13H16N2. The summed E-state index contributed by atoms with van der Waals surface area (Å²) >= 11 is 0. The van der Waals surface area contributed by atoms with Crippen LogP contribution in [0, 0.1) is 0 Å². The summed E-state index contributed by atoms with van der Waals surface area (Å²) in [5.74, 6) is 1.48. The van der Waals surface area contributed by atoms with E-state index in [1.807, 2.05) is 25.2 Å². The van der Waals surface area contributed by atoms with E-state index in [2.05, 4.69) is 36.3 Å². The molecule has 2 aromatic rings. The molecule has 1 heterocycles. The lowest BCUT2D eigenvalue weighted by atomic mass is 10.0.